The predicted molar refractivity (Wildman–Crippen MR) is 112 cm³/mol. The van der Waals surface area contributed by atoms with Crippen molar-refractivity contribution in [3.05, 3.63) is 47.3 Å². The molecule has 0 spiro atoms. The average Bonchev–Trinajstić information content (AvgIpc) is 3.13. The maximum absolute atomic E-state index is 2.69. The number of benzene rings is 1. The molecule has 4 rings (SSSR count). The molecule has 1 aromatic carbocycles. The highest BCUT2D eigenvalue weighted by atomic mass is 32.1. The summed E-state index contributed by atoms with van der Waals surface area (Å²) in [7, 11) is 2.24. The molecule has 26 heavy (non-hydrogen) atoms. The molecular formula is C22H31N3S. The van der Waals surface area contributed by atoms with Crippen LogP contribution in [0.3, 0.4) is 0 Å². The van der Waals surface area contributed by atoms with Crippen molar-refractivity contribution in [2.24, 2.45) is 5.92 Å². The van der Waals surface area contributed by atoms with Crippen molar-refractivity contribution < 1.29 is 0 Å². The van der Waals surface area contributed by atoms with Crippen molar-refractivity contribution >= 4 is 11.3 Å². The molecule has 0 N–H and O–H groups in total. The molecule has 0 radical (unpaired) electrons. The molecule has 1 atom stereocenters. The van der Waals surface area contributed by atoms with Crippen molar-refractivity contribution in [2.45, 2.75) is 19.4 Å². The molecule has 2 aromatic rings. The molecule has 2 aliphatic rings. The molecule has 0 aliphatic carbocycles. The number of piperazine rings is 1. The van der Waals surface area contributed by atoms with Gasteiger partial charge in [-0.05, 0) is 50.0 Å². The number of thiophene rings is 1. The highest BCUT2D eigenvalue weighted by Gasteiger charge is 2.24. The number of rotatable bonds is 5. The van der Waals surface area contributed by atoms with Crippen LogP contribution in [0.4, 0.5) is 0 Å². The largest absolute Gasteiger partial charge is 0.304 e. The minimum atomic E-state index is 0.848. The third-order valence-corrected chi connectivity index (χ3v) is 6.93. The molecular weight excluding hydrogens is 338 g/mol. The number of piperidine rings is 1. The number of likely N-dealkylation sites (N-methyl/N-ethyl adjacent to an activating group) is 1. The molecule has 2 aliphatic heterocycles. The van der Waals surface area contributed by atoms with Crippen molar-refractivity contribution in [3.8, 4) is 10.4 Å². The van der Waals surface area contributed by atoms with Crippen LogP contribution in [0, 0.1) is 5.92 Å². The molecule has 140 valence electrons. The highest BCUT2D eigenvalue weighted by molar-refractivity contribution is 7.15. The van der Waals surface area contributed by atoms with E-state index in [1.54, 1.807) is 0 Å². The fraction of sp³-hybridized carbons (Fsp3) is 0.545. The lowest BCUT2D eigenvalue weighted by Crippen LogP contribution is -2.48. The summed E-state index contributed by atoms with van der Waals surface area (Å²) in [6, 6.07) is 15.4. The lowest BCUT2D eigenvalue weighted by atomic mass is 9.97. The summed E-state index contributed by atoms with van der Waals surface area (Å²) in [5.74, 6) is 0.848. The van der Waals surface area contributed by atoms with E-state index < -0.39 is 0 Å². The minimum absolute atomic E-state index is 0.848. The Labute approximate surface area is 162 Å². The molecule has 3 nitrogen and oxygen atoms in total. The third kappa shape index (κ3) is 4.74. The summed E-state index contributed by atoms with van der Waals surface area (Å²) >= 11 is 1.96. The Morgan fingerprint density at radius 1 is 0.923 bits per heavy atom. The molecule has 3 heterocycles. The summed E-state index contributed by atoms with van der Waals surface area (Å²) in [6.07, 6.45) is 2.76. The summed E-state index contributed by atoms with van der Waals surface area (Å²) < 4.78 is 0. The second-order valence-electron chi connectivity index (χ2n) is 7.98. The SMILES string of the molecule is CN1CCN(CC2CCCN(Cc3ccc(-c4ccccc4)s3)C2)CC1. The first-order valence-corrected chi connectivity index (χ1v) is 10.9. The van der Waals surface area contributed by atoms with E-state index >= 15 is 0 Å². The van der Waals surface area contributed by atoms with Gasteiger partial charge >= 0.3 is 0 Å². The van der Waals surface area contributed by atoms with Crippen LogP contribution < -0.4 is 0 Å². The van der Waals surface area contributed by atoms with Crippen LogP contribution in [-0.4, -0.2) is 67.6 Å². The van der Waals surface area contributed by atoms with E-state index in [0.717, 1.165) is 12.5 Å². The van der Waals surface area contributed by atoms with E-state index in [1.807, 2.05) is 11.3 Å². The summed E-state index contributed by atoms with van der Waals surface area (Å²) in [6.45, 7) is 9.90. The molecule has 0 saturated carbocycles. The number of nitrogens with zero attached hydrogens (tertiary/aromatic N) is 3. The van der Waals surface area contributed by atoms with Crippen LogP contribution in [0.2, 0.25) is 0 Å². The lowest BCUT2D eigenvalue weighted by Gasteiger charge is -2.38. The van der Waals surface area contributed by atoms with E-state index in [4.69, 9.17) is 0 Å². The molecule has 1 unspecified atom stereocenters. The average molecular weight is 370 g/mol. The van der Waals surface area contributed by atoms with E-state index in [1.165, 1.54) is 74.0 Å². The quantitative estimate of drug-likeness (QED) is 0.792. The topological polar surface area (TPSA) is 9.72 Å². The van der Waals surface area contributed by atoms with Crippen LogP contribution in [0.1, 0.15) is 17.7 Å². The highest BCUT2D eigenvalue weighted by Crippen LogP contribution is 2.29. The second-order valence-corrected chi connectivity index (χ2v) is 9.15. The predicted octanol–water partition coefficient (Wildman–Crippen LogP) is 3.87. The van der Waals surface area contributed by atoms with Crippen molar-refractivity contribution in [1.29, 1.82) is 0 Å². The van der Waals surface area contributed by atoms with Gasteiger partial charge in [0.25, 0.3) is 0 Å². The standard InChI is InChI=1S/C22H31N3S/c1-23-12-14-24(15-13-23)16-19-6-5-11-25(17-19)18-21-9-10-22(26-21)20-7-3-2-4-8-20/h2-4,7-10,19H,5-6,11-18H2,1H3. The zero-order valence-electron chi connectivity index (χ0n) is 15.9. The van der Waals surface area contributed by atoms with Crippen LogP contribution in [0.5, 0.6) is 0 Å². The first kappa shape index (κ1) is 18.2. The van der Waals surface area contributed by atoms with E-state index in [9.17, 15) is 0 Å². The van der Waals surface area contributed by atoms with Gasteiger partial charge in [-0.15, -0.1) is 11.3 Å². The van der Waals surface area contributed by atoms with Gasteiger partial charge in [-0.2, -0.15) is 0 Å². The Bertz CT molecular complexity index is 676. The van der Waals surface area contributed by atoms with E-state index in [-0.39, 0.29) is 0 Å². The zero-order valence-corrected chi connectivity index (χ0v) is 16.8. The minimum Gasteiger partial charge on any atom is -0.304 e. The number of hydrogen-bond acceptors (Lipinski definition) is 4. The number of likely N-dealkylation sites (tertiary alicyclic amines) is 1. The third-order valence-electron chi connectivity index (χ3n) is 5.81. The smallest absolute Gasteiger partial charge is 0.0346 e. The Morgan fingerprint density at radius 2 is 1.73 bits per heavy atom. The van der Waals surface area contributed by atoms with Gasteiger partial charge in [0.15, 0.2) is 0 Å². The Hall–Kier alpha value is -1.20. The first-order chi connectivity index (χ1) is 12.8. The summed E-state index contributed by atoms with van der Waals surface area (Å²) in [5, 5.41) is 0. The molecule has 1 aromatic heterocycles. The van der Waals surface area contributed by atoms with Gasteiger partial charge in [0.1, 0.15) is 0 Å². The van der Waals surface area contributed by atoms with Crippen LogP contribution in [-0.2, 0) is 6.54 Å². The molecule has 0 bridgehead atoms. The summed E-state index contributed by atoms with van der Waals surface area (Å²) in [4.78, 5) is 10.7. The van der Waals surface area contributed by atoms with Crippen LogP contribution in [0.15, 0.2) is 42.5 Å². The number of hydrogen-bond donors (Lipinski definition) is 0. The van der Waals surface area contributed by atoms with Crippen LogP contribution in [0.25, 0.3) is 10.4 Å². The second kappa shape index (κ2) is 8.66. The van der Waals surface area contributed by atoms with Gasteiger partial charge in [-0.1, -0.05) is 30.3 Å². The molecule has 0 amide bonds. The van der Waals surface area contributed by atoms with Crippen molar-refractivity contribution in [1.82, 2.24) is 14.7 Å². The molecule has 2 saturated heterocycles. The molecule has 2 fully saturated rings. The summed E-state index contributed by atoms with van der Waals surface area (Å²) in [5.41, 5.74) is 1.34. The van der Waals surface area contributed by atoms with Gasteiger partial charge in [0.05, 0.1) is 0 Å². The fourth-order valence-electron chi connectivity index (χ4n) is 4.28. The van der Waals surface area contributed by atoms with Gasteiger partial charge in [0, 0.05) is 55.6 Å². The maximum Gasteiger partial charge on any atom is 0.0346 e. The molecule has 4 heteroatoms. The Kier molecular flexibility index (Phi) is 6.05. The van der Waals surface area contributed by atoms with Gasteiger partial charge in [0.2, 0.25) is 0 Å². The normalized spacial score (nSPS) is 23.3. The first-order valence-electron chi connectivity index (χ1n) is 10.0. The lowest BCUT2D eigenvalue weighted by molar-refractivity contribution is 0.0970. The van der Waals surface area contributed by atoms with Crippen molar-refractivity contribution in [2.75, 3.05) is 52.9 Å². The monoisotopic (exact) mass is 369 g/mol. The fourth-order valence-corrected chi connectivity index (χ4v) is 5.34. The maximum atomic E-state index is 2.69. The van der Waals surface area contributed by atoms with E-state index in [0.29, 0.717) is 0 Å². The van der Waals surface area contributed by atoms with Gasteiger partial charge < -0.3 is 9.80 Å². The Morgan fingerprint density at radius 3 is 2.54 bits per heavy atom. The zero-order chi connectivity index (χ0) is 17.8. The van der Waals surface area contributed by atoms with Crippen LogP contribution >= 0.6 is 11.3 Å². The van der Waals surface area contributed by atoms with Crippen molar-refractivity contribution in [3.63, 3.8) is 0 Å². The Balaban J connectivity index is 1.30. The van der Waals surface area contributed by atoms with Gasteiger partial charge in [-0.25, -0.2) is 0 Å². The van der Waals surface area contributed by atoms with Gasteiger partial charge in [-0.3, -0.25) is 4.90 Å². The van der Waals surface area contributed by atoms with E-state index in [2.05, 4.69) is 64.2 Å².